The normalized spacial score (nSPS) is 11.2. The lowest BCUT2D eigenvalue weighted by atomic mass is 10.1. The van der Waals surface area contributed by atoms with Crippen LogP contribution in [0.5, 0.6) is 5.75 Å². The number of nitrogens with two attached hydrogens (primary N) is 1. The summed E-state index contributed by atoms with van der Waals surface area (Å²) in [6.07, 6.45) is 0. The van der Waals surface area contributed by atoms with Gasteiger partial charge in [0.2, 0.25) is 0 Å². The van der Waals surface area contributed by atoms with E-state index in [2.05, 4.69) is 37.8 Å². The Balaban J connectivity index is 2.85. The second-order valence-corrected chi connectivity index (χ2v) is 4.51. The number of hydrogen-bond donors (Lipinski definition) is 1. The van der Waals surface area contributed by atoms with Crippen LogP contribution in [0.1, 0.15) is 31.9 Å². The monoisotopic (exact) mass is 236 g/mol. The van der Waals surface area contributed by atoms with E-state index >= 15 is 0 Å². The smallest absolute Gasteiger partial charge is 0.123 e. The fourth-order valence-corrected chi connectivity index (χ4v) is 1.98. The Morgan fingerprint density at radius 3 is 2.53 bits per heavy atom. The van der Waals surface area contributed by atoms with Gasteiger partial charge in [0.05, 0.1) is 7.11 Å². The zero-order valence-electron chi connectivity index (χ0n) is 11.4. The predicted molar refractivity (Wildman–Crippen MR) is 72.1 cm³/mol. The van der Waals surface area contributed by atoms with Crippen LogP contribution in [0.3, 0.4) is 0 Å². The lowest BCUT2D eigenvalue weighted by Crippen LogP contribution is -2.29. The summed E-state index contributed by atoms with van der Waals surface area (Å²) in [5.74, 6) is 0.879. The molecule has 0 spiro atoms. The van der Waals surface area contributed by atoms with Crippen LogP contribution in [0, 0.1) is 0 Å². The number of benzene rings is 1. The van der Waals surface area contributed by atoms with Crippen molar-refractivity contribution in [3.05, 3.63) is 29.3 Å². The van der Waals surface area contributed by atoms with Gasteiger partial charge in [-0.3, -0.25) is 4.90 Å². The molecule has 1 aromatic rings. The Labute approximate surface area is 105 Å². The molecule has 0 aromatic heterocycles. The largest absolute Gasteiger partial charge is 0.496 e. The molecule has 1 rings (SSSR count). The van der Waals surface area contributed by atoms with Gasteiger partial charge in [-0.15, -0.1) is 0 Å². The molecular weight excluding hydrogens is 212 g/mol. The van der Waals surface area contributed by atoms with E-state index in [4.69, 9.17) is 10.5 Å². The second kappa shape index (κ2) is 6.62. The standard InChI is InChI=1S/C14H24N2O/c1-5-16(11(2)3)10-12-6-7-14(17-4)13(8-12)9-15/h6-8,11H,5,9-10,15H2,1-4H3. The van der Waals surface area contributed by atoms with Crippen LogP contribution >= 0.6 is 0 Å². The van der Waals surface area contributed by atoms with E-state index in [1.54, 1.807) is 7.11 Å². The number of methoxy groups -OCH3 is 1. The highest BCUT2D eigenvalue weighted by atomic mass is 16.5. The first-order chi connectivity index (χ1) is 8.12. The van der Waals surface area contributed by atoms with Gasteiger partial charge in [0.1, 0.15) is 5.75 Å². The fourth-order valence-electron chi connectivity index (χ4n) is 1.98. The highest BCUT2D eigenvalue weighted by Gasteiger charge is 2.09. The highest BCUT2D eigenvalue weighted by molar-refractivity contribution is 5.37. The summed E-state index contributed by atoms with van der Waals surface area (Å²) in [6, 6.07) is 6.82. The molecular formula is C14H24N2O. The zero-order valence-corrected chi connectivity index (χ0v) is 11.4. The number of rotatable bonds is 6. The summed E-state index contributed by atoms with van der Waals surface area (Å²) in [4.78, 5) is 2.42. The van der Waals surface area contributed by atoms with Gasteiger partial charge >= 0.3 is 0 Å². The first-order valence-corrected chi connectivity index (χ1v) is 6.22. The maximum absolute atomic E-state index is 5.72. The maximum atomic E-state index is 5.72. The molecule has 0 radical (unpaired) electrons. The number of hydrogen-bond acceptors (Lipinski definition) is 3. The molecule has 3 nitrogen and oxygen atoms in total. The van der Waals surface area contributed by atoms with Gasteiger partial charge in [0.15, 0.2) is 0 Å². The summed E-state index contributed by atoms with van der Waals surface area (Å²) in [5, 5.41) is 0. The van der Waals surface area contributed by atoms with Gasteiger partial charge in [-0.25, -0.2) is 0 Å². The molecule has 0 aliphatic carbocycles. The molecule has 2 N–H and O–H groups in total. The molecule has 0 aliphatic heterocycles. The summed E-state index contributed by atoms with van der Waals surface area (Å²) >= 11 is 0. The molecule has 0 fully saturated rings. The van der Waals surface area contributed by atoms with E-state index in [-0.39, 0.29) is 0 Å². The lowest BCUT2D eigenvalue weighted by Gasteiger charge is -2.25. The minimum Gasteiger partial charge on any atom is -0.496 e. The molecule has 1 aromatic carbocycles. The Morgan fingerprint density at radius 2 is 2.06 bits per heavy atom. The van der Waals surface area contributed by atoms with E-state index in [0.717, 1.165) is 24.4 Å². The van der Waals surface area contributed by atoms with E-state index in [1.165, 1.54) is 5.56 Å². The van der Waals surface area contributed by atoms with Crippen molar-refractivity contribution in [2.24, 2.45) is 5.73 Å². The third-order valence-electron chi connectivity index (χ3n) is 3.09. The van der Waals surface area contributed by atoms with Gasteiger partial charge in [0.25, 0.3) is 0 Å². The summed E-state index contributed by atoms with van der Waals surface area (Å²) in [5.41, 5.74) is 8.09. The molecule has 17 heavy (non-hydrogen) atoms. The van der Waals surface area contributed by atoms with E-state index in [0.29, 0.717) is 12.6 Å². The first kappa shape index (κ1) is 14.0. The quantitative estimate of drug-likeness (QED) is 0.824. The van der Waals surface area contributed by atoms with Gasteiger partial charge in [-0.05, 0) is 38.1 Å². The summed E-state index contributed by atoms with van der Waals surface area (Å²) in [7, 11) is 1.68. The van der Waals surface area contributed by atoms with Crippen molar-refractivity contribution in [1.29, 1.82) is 0 Å². The third kappa shape index (κ3) is 3.72. The molecule has 3 heteroatoms. The van der Waals surface area contributed by atoms with Crippen molar-refractivity contribution >= 4 is 0 Å². The van der Waals surface area contributed by atoms with Crippen LogP contribution in [0.15, 0.2) is 18.2 Å². The van der Waals surface area contributed by atoms with Crippen LogP contribution in [0.25, 0.3) is 0 Å². The lowest BCUT2D eigenvalue weighted by molar-refractivity contribution is 0.225. The molecule has 0 heterocycles. The van der Waals surface area contributed by atoms with Gasteiger partial charge in [-0.2, -0.15) is 0 Å². The average molecular weight is 236 g/mol. The van der Waals surface area contributed by atoms with E-state index < -0.39 is 0 Å². The molecule has 0 atom stereocenters. The molecule has 96 valence electrons. The summed E-state index contributed by atoms with van der Waals surface area (Å²) < 4.78 is 5.28. The van der Waals surface area contributed by atoms with Gasteiger partial charge in [-0.1, -0.05) is 13.0 Å². The fraction of sp³-hybridized carbons (Fsp3) is 0.571. The Bertz CT molecular complexity index is 350. The molecule has 0 unspecified atom stereocenters. The van der Waals surface area contributed by atoms with Crippen LogP contribution in [0.2, 0.25) is 0 Å². The Hall–Kier alpha value is -1.06. The Morgan fingerprint density at radius 1 is 1.35 bits per heavy atom. The molecule has 0 bridgehead atoms. The Kier molecular flexibility index (Phi) is 5.45. The highest BCUT2D eigenvalue weighted by Crippen LogP contribution is 2.20. The van der Waals surface area contributed by atoms with Gasteiger partial charge < -0.3 is 10.5 Å². The third-order valence-corrected chi connectivity index (χ3v) is 3.09. The predicted octanol–water partition coefficient (Wildman–Crippen LogP) is 2.38. The maximum Gasteiger partial charge on any atom is 0.123 e. The number of ether oxygens (including phenoxy) is 1. The SMILES string of the molecule is CCN(Cc1ccc(OC)c(CN)c1)C(C)C. The van der Waals surface area contributed by atoms with Crippen LogP contribution in [0.4, 0.5) is 0 Å². The number of nitrogens with zero attached hydrogens (tertiary/aromatic N) is 1. The summed E-state index contributed by atoms with van der Waals surface area (Å²) in [6.45, 7) is 9.17. The second-order valence-electron chi connectivity index (χ2n) is 4.51. The molecule has 0 saturated carbocycles. The van der Waals surface area contributed by atoms with Crippen LogP contribution in [-0.2, 0) is 13.1 Å². The minimum absolute atomic E-state index is 0.519. The first-order valence-electron chi connectivity index (χ1n) is 6.22. The van der Waals surface area contributed by atoms with Crippen molar-refractivity contribution in [3.8, 4) is 5.75 Å². The zero-order chi connectivity index (χ0) is 12.8. The van der Waals surface area contributed by atoms with Crippen molar-refractivity contribution in [2.75, 3.05) is 13.7 Å². The minimum atomic E-state index is 0.519. The average Bonchev–Trinajstić information content (AvgIpc) is 2.35. The van der Waals surface area contributed by atoms with Crippen LogP contribution in [-0.4, -0.2) is 24.6 Å². The van der Waals surface area contributed by atoms with E-state index in [9.17, 15) is 0 Å². The molecule has 0 amide bonds. The van der Waals surface area contributed by atoms with Crippen LogP contribution < -0.4 is 10.5 Å². The van der Waals surface area contributed by atoms with Crippen molar-refractivity contribution in [1.82, 2.24) is 4.90 Å². The molecule has 0 saturated heterocycles. The van der Waals surface area contributed by atoms with E-state index in [1.807, 2.05) is 6.07 Å². The van der Waals surface area contributed by atoms with Crippen molar-refractivity contribution in [3.63, 3.8) is 0 Å². The van der Waals surface area contributed by atoms with Crippen molar-refractivity contribution < 1.29 is 4.74 Å². The van der Waals surface area contributed by atoms with Crippen molar-refractivity contribution in [2.45, 2.75) is 39.9 Å². The van der Waals surface area contributed by atoms with Gasteiger partial charge in [0, 0.05) is 24.7 Å². The topological polar surface area (TPSA) is 38.5 Å². The molecule has 0 aliphatic rings.